The van der Waals surface area contributed by atoms with Crippen LogP contribution in [0.25, 0.3) is 10.9 Å². The van der Waals surface area contributed by atoms with E-state index < -0.39 is 12.1 Å². The normalized spacial score (nSPS) is 18.2. The minimum absolute atomic E-state index is 0.0541. The molecule has 0 radical (unpaired) electrons. The molecular weight excluding hydrogens is 382 g/mol. The largest absolute Gasteiger partial charge is 0.449 e. The first-order valence-electron chi connectivity index (χ1n) is 11.1. The van der Waals surface area contributed by atoms with Crippen LogP contribution in [0.2, 0.25) is 0 Å². The van der Waals surface area contributed by atoms with Crippen LogP contribution in [0.3, 0.4) is 0 Å². The van der Waals surface area contributed by atoms with E-state index in [-0.39, 0.29) is 11.5 Å². The van der Waals surface area contributed by atoms with Crippen molar-refractivity contribution in [1.82, 2.24) is 14.5 Å². The number of hydrogen-bond donors (Lipinski definition) is 0. The number of esters is 1. The molecule has 1 fully saturated rings. The van der Waals surface area contributed by atoms with E-state index >= 15 is 0 Å². The number of ether oxygens (including phenoxy) is 1. The summed E-state index contributed by atoms with van der Waals surface area (Å²) in [5, 5.41) is 0.505. The van der Waals surface area contributed by atoms with Gasteiger partial charge in [-0.05, 0) is 50.8 Å². The Bertz CT molecular complexity index is 1010. The van der Waals surface area contributed by atoms with Gasteiger partial charge in [-0.15, -0.1) is 0 Å². The first-order valence-corrected chi connectivity index (χ1v) is 11.1. The number of nitrogens with zero attached hydrogens (tertiary/aromatic N) is 3. The van der Waals surface area contributed by atoms with Crippen LogP contribution >= 0.6 is 0 Å². The van der Waals surface area contributed by atoms with Gasteiger partial charge in [0.05, 0.1) is 16.5 Å². The summed E-state index contributed by atoms with van der Waals surface area (Å²) in [6.45, 7) is 3.75. The number of amides is 1. The van der Waals surface area contributed by atoms with Gasteiger partial charge in [0.1, 0.15) is 5.82 Å². The monoisotopic (exact) mass is 411 g/mol. The summed E-state index contributed by atoms with van der Waals surface area (Å²) in [6.07, 6.45) is 7.24. The summed E-state index contributed by atoms with van der Waals surface area (Å²) in [6, 6.07) is 4.83. The average Bonchev–Trinajstić information content (AvgIpc) is 3.16. The highest BCUT2D eigenvalue weighted by Gasteiger charge is 2.25. The van der Waals surface area contributed by atoms with Crippen molar-refractivity contribution < 1.29 is 14.3 Å². The van der Waals surface area contributed by atoms with Crippen molar-refractivity contribution >= 4 is 22.8 Å². The lowest BCUT2D eigenvalue weighted by molar-refractivity contribution is -0.139. The van der Waals surface area contributed by atoms with Crippen molar-refractivity contribution in [2.24, 2.45) is 0 Å². The quantitative estimate of drug-likeness (QED) is 0.725. The number of fused-ring (bicyclic) bond motifs is 2. The Morgan fingerprint density at radius 1 is 1.00 bits per heavy atom. The van der Waals surface area contributed by atoms with Crippen LogP contribution in [-0.2, 0) is 22.5 Å². The summed E-state index contributed by atoms with van der Waals surface area (Å²) in [7, 11) is 0. The Hall–Kier alpha value is -2.70. The predicted molar refractivity (Wildman–Crippen MR) is 113 cm³/mol. The van der Waals surface area contributed by atoms with Gasteiger partial charge >= 0.3 is 5.97 Å². The minimum Gasteiger partial charge on any atom is -0.449 e. The number of benzene rings is 1. The van der Waals surface area contributed by atoms with Crippen molar-refractivity contribution in [2.75, 3.05) is 13.1 Å². The molecule has 0 unspecified atom stereocenters. The van der Waals surface area contributed by atoms with E-state index in [2.05, 4.69) is 4.98 Å². The van der Waals surface area contributed by atoms with Gasteiger partial charge in [0, 0.05) is 26.1 Å². The summed E-state index contributed by atoms with van der Waals surface area (Å²) in [4.78, 5) is 44.6. The van der Waals surface area contributed by atoms with Gasteiger partial charge in [-0.1, -0.05) is 19.3 Å². The maximum atomic E-state index is 12.8. The van der Waals surface area contributed by atoms with E-state index in [4.69, 9.17) is 4.74 Å². The molecular formula is C23H29N3O4. The topological polar surface area (TPSA) is 81.5 Å². The SMILES string of the molecule is C[C@@H](OC(=O)c1ccc2c(=O)n3c(nc2c1)CCCCC3)C(=O)N1CCCCCC1. The van der Waals surface area contributed by atoms with Crippen LogP contribution in [0.4, 0.5) is 0 Å². The third-order valence-electron chi connectivity index (χ3n) is 6.10. The number of carbonyl (C=O) groups is 2. The van der Waals surface area contributed by atoms with Crippen molar-refractivity contribution in [3.63, 3.8) is 0 Å². The zero-order valence-corrected chi connectivity index (χ0v) is 17.6. The highest BCUT2D eigenvalue weighted by molar-refractivity contribution is 5.95. The van der Waals surface area contributed by atoms with Crippen LogP contribution in [0.1, 0.15) is 68.1 Å². The first kappa shape index (κ1) is 20.6. The predicted octanol–water partition coefficient (Wildman–Crippen LogP) is 3.07. The second-order valence-electron chi connectivity index (χ2n) is 8.31. The Labute approximate surface area is 176 Å². The van der Waals surface area contributed by atoms with Crippen molar-refractivity contribution in [1.29, 1.82) is 0 Å². The van der Waals surface area contributed by atoms with Crippen LogP contribution < -0.4 is 5.56 Å². The fraction of sp³-hybridized carbons (Fsp3) is 0.565. The van der Waals surface area contributed by atoms with Gasteiger partial charge in [-0.2, -0.15) is 0 Å². The Kier molecular flexibility index (Phi) is 6.16. The summed E-state index contributed by atoms with van der Waals surface area (Å²) in [5.74, 6) is 0.0670. The molecule has 0 aliphatic carbocycles. The molecule has 0 spiro atoms. The van der Waals surface area contributed by atoms with Crippen LogP contribution in [0.5, 0.6) is 0 Å². The molecule has 7 nitrogen and oxygen atoms in total. The summed E-state index contributed by atoms with van der Waals surface area (Å²) in [5.41, 5.74) is 0.763. The van der Waals surface area contributed by atoms with Gasteiger partial charge < -0.3 is 9.64 Å². The molecule has 1 aromatic heterocycles. The minimum atomic E-state index is -0.836. The molecule has 3 heterocycles. The molecule has 1 aromatic carbocycles. The maximum Gasteiger partial charge on any atom is 0.338 e. The lowest BCUT2D eigenvalue weighted by atomic mass is 10.1. The standard InChI is InChI=1S/C23H29N3O4/c1-16(21(27)25-12-6-2-3-7-13-25)30-23(29)17-10-11-18-19(15-17)24-20-9-5-4-8-14-26(20)22(18)28/h10-11,15-16H,2-9,12-14H2,1H3/t16-/m1/s1. The maximum absolute atomic E-state index is 12.8. The number of aromatic nitrogens is 2. The molecule has 160 valence electrons. The van der Waals surface area contributed by atoms with Gasteiger partial charge in [-0.25, -0.2) is 9.78 Å². The number of rotatable bonds is 3. The Morgan fingerprint density at radius 2 is 1.70 bits per heavy atom. The molecule has 0 saturated carbocycles. The Morgan fingerprint density at radius 3 is 2.47 bits per heavy atom. The lowest BCUT2D eigenvalue weighted by Crippen LogP contribution is -2.40. The molecule has 2 aromatic rings. The van der Waals surface area contributed by atoms with Gasteiger partial charge in [0.15, 0.2) is 6.10 Å². The smallest absolute Gasteiger partial charge is 0.338 e. The van der Waals surface area contributed by atoms with E-state index in [0.29, 0.717) is 23.0 Å². The molecule has 2 aliphatic heterocycles. The van der Waals surface area contributed by atoms with Crippen LogP contribution in [-0.4, -0.2) is 45.5 Å². The van der Waals surface area contributed by atoms with E-state index in [1.165, 1.54) is 0 Å². The van der Waals surface area contributed by atoms with Crippen molar-refractivity contribution in [3.8, 4) is 0 Å². The van der Waals surface area contributed by atoms with Gasteiger partial charge in [-0.3, -0.25) is 14.2 Å². The van der Waals surface area contributed by atoms with Crippen molar-refractivity contribution in [2.45, 2.75) is 70.9 Å². The third kappa shape index (κ3) is 4.25. The summed E-state index contributed by atoms with van der Waals surface area (Å²) >= 11 is 0. The molecule has 1 amide bonds. The number of hydrogen-bond acceptors (Lipinski definition) is 5. The van der Waals surface area contributed by atoms with Crippen molar-refractivity contribution in [3.05, 3.63) is 39.9 Å². The van der Waals surface area contributed by atoms with E-state index in [1.807, 2.05) is 0 Å². The van der Waals surface area contributed by atoms with Crippen LogP contribution in [0, 0.1) is 0 Å². The lowest BCUT2D eigenvalue weighted by Gasteiger charge is -2.24. The molecule has 0 N–H and O–H groups in total. The molecule has 2 aliphatic rings. The second-order valence-corrected chi connectivity index (χ2v) is 8.31. The molecule has 4 rings (SSSR count). The number of carbonyl (C=O) groups excluding carboxylic acids is 2. The first-order chi connectivity index (χ1) is 14.5. The Balaban J connectivity index is 1.53. The number of aryl methyl sites for hydroxylation is 1. The molecule has 1 atom stereocenters. The molecule has 1 saturated heterocycles. The van der Waals surface area contributed by atoms with Gasteiger partial charge in [0.25, 0.3) is 11.5 Å². The second kappa shape index (κ2) is 8.98. The molecule has 30 heavy (non-hydrogen) atoms. The molecule has 0 bridgehead atoms. The highest BCUT2D eigenvalue weighted by Crippen LogP contribution is 2.18. The van der Waals surface area contributed by atoms with E-state index in [1.54, 1.807) is 34.6 Å². The third-order valence-corrected chi connectivity index (χ3v) is 6.10. The number of likely N-dealkylation sites (tertiary alicyclic amines) is 1. The van der Waals surface area contributed by atoms with Gasteiger partial charge in [0.2, 0.25) is 0 Å². The average molecular weight is 412 g/mol. The van der Waals surface area contributed by atoms with E-state index in [0.717, 1.165) is 70.3 Å². The fourth-order valence-electron chi connectivity index (χ4n) is 4.37. The molecule has 7 heteroatoms. The fourth-order valence-corrected chi connectivity index (χ4v) is 4.37. The zero-order chi connectivity index (χ0) is 21.1. The highest BCUT2D eigenvalue weighted by atomic mass is 16.5. The zero-order valence-electron chi connectivity index (χ0n) is 17.6. The van der Waals surface area contributed by atoms with E-state index in [9.17, 15) is 14.4 Å². The summed E-state index contributed by atoms with van der Waals surface area (Å²) < 4.78 is 7.22. The van der Waals surface area contributed by atoms with Crippen LogP contribution in [0.15, 0.2) is 23.0 Å².